The number of amides is 2. The quantitative estimate of drug-likeness (QED) is 0.458. The number of carbonyl (C=O) groups is 2. The van der Waals surface area contributed by atoms with Crippen LogP contribution < -0.4 is 25.8 Å². The van der Waals surface area contributed by atoms with E-state index in [1.165, 1.54) is 12.8 Å². The zero-order chi connectivity index (χ0) is 21.3. The zero-order valence-electron chi connectivity index (χ0n) is 17.3. The maximum atomic E-state index is 12.0. The Morgan fingerprint density at radius 3 is 2.33 bits per heavy atom. The molecule has 1 saturated carbocycles. The van der Waals surface area contributed by atoms with E-state index in [4.69, 9.17) is 15.2 Å². The first kappa shape index (κ1) is 21.5. The highest BCUT2D eigenvalue weighted by Crippen LogP contribution is 2.32. The molecule has 2 aromatic carbocycles. The molecule has 0 aliphatic heterocycles. The van der Waals surface area contributed by atoms with Crippen molar-refractivity contribution in [1.82, 2.24) is 10.6 Å². The van der Waals surface area contributed by atoms with E-state index in [9.17, 15) is 9.59 Å². The van der Waals surface area contributed by atoms with Crippen molar-refractivity contribution in [2.24, 2.45) is 0 Å². The van der Waals surface area contributed by atoms with Gasteiger partial charge in [-0.1, -0.05) is 18.2 Å². The predicted octanol–water partition coefficient (Wildman–Crippen LogP) is 2.57. The van der Waals surface area contributed by atoms with E-state index in [-0.39, 0.29) is 12.6 Å². The number of methoxy groups -OCH3 is 1. The van der Waals surface area contributed by atoms with E-state index in [2.05, 4.69) is 10.6 Å². The monoisotopic (exact) mass is 411 g/mol. The van der Waals surface area contributed by atoms with Crippen LogP contribution in [-0.2, 0) is 22.6 Å². The van der Waals surface area contributed by atoms with Gasteiger partial charge in [-0.2, -0.15) is 0 Å². The first-order valence-electron chi connectivity index (χ1n) is 10.3. The predicted molar refractivity (Wildman–Crippen MR) is 115 cm³/mol. The molecule has 1 aliphatic carbocycles. The molecule has 7 heteroatoms. The second kappa shape index (κ2) is 10.5. The lowest BCUT2D eigenvalue weighted by atomic mass is 10.1. The van der Waals surface area contributed by atoms with Crippen molar-refractivity contribution in [2.45, 2.75) is 44.8 Å². The van der Waals surface area contributed by atoms with Gasteiger partial charge in [0.2, 0.25) is 0 Å². The molecule has 0 atom stereocenters. The molecule has 7 nitrogen and oxygen atoms in total. The molecule has 0 saturated heterocycles. The Kier molecular flexibility index (Phi) is 7.54. The fourth-order valence-corrected chi connectivity index (χ4v) is 3.45. The molecule has 160 valence electrons. The standard InChI is InChI=1S/C23H29N3O4/c1-29-20-11-8-16(14-21(20)30-19-4-2-3-5-19)12-13-25-22(27)23(28)26-15-17-6-9-18(24)10-7-17/h6-11,14,19H,2-5,12-13,15,24H2,1H3,(H,25,27)(H,26,28). The van der Waals surface area contributed by atoms with Gasteiger partial charge < -0.3 is 25.8 Å². The minimum absolute atomic E-state index is 0.235. The highest BCUT2D eigenvalue weighted by molar-refractivity contribution is 6.35. The third-order valence-corrected chi connectivity index (χ3v) is 5.16. The van der Waals surface area contributed by atoms with Gasteiger partial charge in [0.05, 0.1) is 13.2 Å². The van der Waals surface area contributed by atoms with Crippen molar-refractivity contribution in [3.8, 4) is 11.5 Å². The van der Waals surface area contributed by atoms with Crippen LogP contribution in [-0.4, -0.2) is 31.6 Å². The molecule has 1 aliphatic rings. The molecule has 4 N–H and O–H groups in total. The molecular weight excluding hydrogens is 382 g/mol. The number of rotatable bonds is 8. The molecule has 0 unspecified atom stereocenters. The molecule has 2 amide bonds. The van der Waals surface area contributed by atoms with Crippen molar-refractivity contribution in [3.05, 3.63) is 53.6 Å². The topological polar surface area (TPSA) is 103 Å². The number of ether oxygens (including phenoxy) is 2. The van der Waals surface area contributed by atoms with Gasteiger partial charge in [0.25, 0.3) is 0 Å². The van der Waals surface area contributed by atoms with Crippen molar-refractivity contribution < 1.29 is 19.1 Å². The fourth-order valence-electron chi connectivity index (χ4n) is 3.45. The van der Waals surface area contributed by atoms with Gasteiger partial charge in [0.15, 0.2) is 11.5 Å². The molecule has 0 bridgehead atoms. The summed E-state index contributed by atoms with van der Waals surface area (Å²) >= 11 is 0. The summed E-state index contributed by atoms with van der Waals surface area (Å²) in [6, 6.07) is 12.9. The summed E-state index contributed by atoms with van der Waals surface area (Å²) in [7, 11) is 1.62. The molecule has 0 aromatic heterocycles. The molecule has 0 spiro atoms. The van der Waals surface area contributed by atoms with Crippen LogP contribution in [0, 0.1) is 0 Å². The SMILES string of the molecule is COc1ccc(CCNC(=O)C(=O)NCc2ccc(N)cc2)cc1OC1CCCC1. The summed E-state index contributed by atoms with van der Waals surface area (Å²) < 4.78 is 11.5. The number of benzene rings is 2. The molecular formula is C23H29N3O4. The summed E-state index contributed by atoms with van der Waals surface area (Å²) in [4.78, 5) is 24.0. The third-order valence-electron chi connectivity index (χ3n) is 5.16. The third kappa shape index (κ3) is 6.14. The van der Waals surface area contributed by atoms with Crippen molar-refractivity contribution >= 4 is 17.5 Å². The lowest BCUT2D eigenvalue weighted by molar-refractivity contribution is -0.139. The van der Waals surface area contributed by atoms with E-state index < -0.39 is 11.8 Å². The lowest BCUT2D eigenvalue weighted by Crippen LogP contribution is -2.40. The van der Waals surface area contributed by atoms with E-state index in [1.54, 1.807) is 19.2 Å². The maximum Gasteiger partial charge on any atom is 0.309 e. The first-order chi connectivity index (χ1) is 14.5. The number of hydrogen-bond acceptors (Lipinski definition) is 5. The summed E-state index contributed by atoms with van der Waals surface area (Å²) in [5.41, 5.74) is 8.16. The Morgan fingerprint density at radius 1 is 0.967 bits per heavy atom. The van der Waals surface area contributed by atoms with Gasteiger partial charge in [-0.05, 0) is 67.5 Å². The highest BCUT2D eigenvalue weighted by atomic mass is 16.5. The molecule has 1 fully saturated rings. The number of hydrogen-bond donors (Lipinski definition) is 3. The minimum Gasteiger partial charge on any atom is -0.493 e. The zero-order valence-corrected chi connectivity index (χ0v) is 17.3. The summed E-state index contributed by atoms with van der Waals surface area (Å²) in [6.45, 7) is 0.621. The fraction of sp³-hybridized carbons (Fsp3) is 0.391. The average Bonchev–Trinajstić information content (AvgIpc) is 3.26. The molecule has 3 rings (SSSR count). The van der Waals surface area contributed by atoms with Gasteiger partial charge in [-0.15, -0.1) is 0 Å². The summed E-state index contributed by atoms with van der Waals surface area (Å²) in [6.07, 6.45) is 5.34. The lowest BCUT2D eigenvalue weighted by Gasteiger charge is -2.17. The van der Waals surface area contributed by atoms with Crippen molar-refractivity contribution in [2.75, 3.05) is 19.4 Å². The Labute approximate surface area is 176 Å². The Bertz CT molecular complexity index is 861. The summed E-state index contributed by atoms with van der Waals surface area (Å²) in [5, 5.41) is 5.26. The average molecular weight is 412 g/mol. The Morgan fingerprint density at radius 2 is 1.63 bits per heavy atom. The van der Waals surface area contributed by atoms with E-state index >= 15 is 0 Å². The smallest absolute Gasteiger partial charge is 0.309 e. The Hall–Kier alpha value is -3.22. The van der Waals surface area contributed by atoms with Gasteiger partial charge in [-0.25, -0.2) is 0 Å². The van der Waals surface area contributed by atoms with Gasteiger partial charge in [0.1, 0.15) is 0 Å². The van der Waals surface area contributed by atoms with Crippen LogP contribution in [0.3, 0.4) is 0 Å². The highest BCUT2D eigenvalue weighted by Gasteiger charge is 2.19. The second-order valence-corrected chi connectivity index (χ2v) is 7.44. The second-order valence-electron chi connectivity index (χ2n) is 7.44. The number of carbonyl (C=O) groups excluding carboxylic acids is 2. The van der Waals surface area contributed by atoms with Gasteiger partial charge >= 0.3 is 11.8 Å². The van der Waals surface area contributed by atoms with Crippen molar-refractivity contribution in [1.29, 1.82) is 0 Å². The number of nitrogens with two attached hydrogens (primary N) is 1. The van der Waals surface area contributed by atoms with Crippen LogP contribution in [0.4, 0.5) is 5.69 Å². The minimum atomic E-state index is -0.660. The normalized spacial score (nSPS) is 13.6. The molecule has 2 aromatic rings. The number of nitrogens with one attached hydrogen (secondary N) is 2. The van der Waals surface area contributed by atoms with Crippen molar-refractivity contribution in [3.63, 3.8) is 0 Å². The Balaban J connectivity index is 1.45. The van der Waals surface area contributed by atoms with Crippen LogP contribution in [0.5, 0.6) is 11.5 Å². The van der Waals surface area contributed by atoms with Crippen LogP contribution in [0.15, 0.2) is 42.5 Å². The summed E-state index contributed by atoms with van der Waals surface area (Å²) in [5.74, 6) is 0.124. The molecule has 0 heterocycles. The maximum absolute atomic E-state index is 12.0. The molecule has 0 radical (unpaired) electrons. The van der Waals surface area contributed by atoms with Gasteiger partial charge in [0, 0.05) is 18.8 Å². The van der Waals surface area contributed by atoms with E-state index in [0.717, 1.165) is 29.7 Å². The van der Waals surface area contributed by atoms with E-state index in [1.807, 2.05) is 30.3 Å². The van der Waals surface area contributed by atoms with Gasteiger partial charge in [-0.3, -0.25) is 9.59 Å². The van der Waals surface area contributed by atoms with Crippen LogP contribution in [0.25, 0.3) is 0 Å². The molecule has 30 heavy (non-hydrogen) atoms. The van der Waals surface area contributed by atoms with Crippen LogP contribution >= 0.6 is 0 Å². The van der Waals surface area contributed by atoms with Crippen LogP contribution in [0.1, 0.15) is 36.8 Å². The largest absolute Gasteiger partial charge is 0.493 e. The number of nitrogen functional groups attached to an aromatic ring is 1. The van der Waals surface area contributed by atoms with Crippen LogP contribution in [0.2, 0.25) is 0 Å². The number of anilines is 1. The first-order valence-corrected chi connectivity index (χ1v) is 10.3. The van der Waals surface area contributed by atoms with E-state index in [0.29, 0.717) is 24.4 Å².